The second kappa shape index (κ2) is 1.78. The van der Waals surface area contributed by atoms with Crippen molar-refractivity contribution in [3.8, 4) is 0 Å². The first-order chi connectivity index (χ1) is 3.84. The van der Waals surface area contributed by atoms with E-state index in [-0.39, 0.29) is 0 Å². The summed E-state index contributed by atoms with van der Waals surface area (Å²) in [5.74, 6) is 0. The summed E-state index contributed by atoms with van der Waals surface area (Å²) in [6.45, 7) is 1.80. The van der Waals surface area contributed by atoms with Gasteiger partial charge in [-0.25, -0.2) is 0 Å². The molecule has 0 saturated carbocycles. The summed E-state index contributed by atoms with van der Waals surface area (Å²) in [6.07, 6.45) is 3.34. The molecule has 3 heteroatoms. The Morgan fingerprint density at radius 1 is 1.88 bits per heavy atom. The minimum atomic E-state index is 0.366. The van der Waals surface area contributed by atoms with Gasteiger partial charge in [-0.3, -0.25) is 9.89 Å². The van der Waals surface area contributed by atoms with Gasteiger partial charge in [-0.1, -0.05) is 0 Å². The first-order valence-corrected chi connectivity index (χ1v) is 2.23. The molecule has 0 aliphatic heterocycles. The van der Waals surface area contributed by atoms with Gasteiger partial charge >= 0.3 is 0 Å². The Morgan fingerprint density at radius 3 is 2.88 bits per heavy atom. The number of rotatable bonds is 1. The molecule has 0 atom stereocenters. The topological polar surface area (TPSA) is 45.8 Å². The zero-order valence-electron chi connectivity index (χ0n) is 4.43. The third-order valence-corrected chi connectivity index (χ3v) is 0.928. The molecule has 0 spiro atoms. The van der Waals surface area contributed by atoms with Gasteiger partial charge in [0, 0.05) is 6.20 Å². The van der Waals surface area contributed by atoms with Crippen molar-refractivity contribution in [1.82, 2.24) is 10.2 Å². The summed E-state index contributed by atoms with van der Waals surface area (Å²) >= 11 is 0. The molecule has 1 N–H and O–H groups in total. The van der Waals surface area contributed by atoms with Crippen LogP contribution in [-0.2, 0) is 4.79 Å². The van der Waals surface area contributed by atoms with Crippen molar-refractivity contribution >= 4 is 6.29 Å². The third kappa shape index (κ3) is 0.621. The summed E-state index contributed by atoms with van der Waals surface area (Å²) in [6, 6.07) is 0. The number of carbonyl (C=O) groups excluding carboxylic acids is 1. The number of nitrogens with one attached hydrogen (secondary N) is 1. The van der Waals surface area contributed by atoms with Crippen LogP contribution in [-0.4, -0.2) is 16.5 Å². The molecule has 0 saturated heterocycles. The quantitative estimate of drug-likeness (QED) is 0.559. The van der Waals surface area contributed by atoms with Gasteiger partial charge < -0.3 is 0 Å². The van der Waals surface area contributed by atoms with Gasteiger partial charge in [-0.05, 0) is 12.5 Å². The number of H-pyrrole nitrogens is 1. The molecule has 8 heavy (non-hydrogen) atoms. The molecule has 0 aliphatic carbocycles. The first kappa shape index (κ1) is 5.03. The maximum Gasteiger partial charge on any atom is 0.255 e. The molecule has 0 amide bonds. The van der Waals surface area contributed by atoms with E-state index < -0.39 is 0 Å². The molecule has 1 aromatic heterocycles. The lowest BCUT2D eigenvalue weighted by Crippen LogP contribution is -1.81. The van der Waals surface area contributed by atoms with Crippen LogP contribution < -0.4 is 0 Å². The van der Waals surface area contributed by atoms with Crippen LogP contribution in [0.25, 0.3) is 0 Å². The van der Waals surface area contributed by atoms with Crippen LogP contribution in [0.4, 0.5) is 0 Å². The lowest BCUT2D eigenvalue weighted by molar-refractivity contribution is 0.561. The number of nitrogens with zero attached hydrogens (tertiary/aromatic N) is 1. The third-order valence-electron chi connectivity index (χ3n) is 0.928. The fourth-order valence-corrected chi connectivity index (χ4v) is 0.454. The van der Waals surface area contributed by atoms with Crippen molar-refractivity contribution in [2.45, 2.75) is 6.92 Å². The van der Waals surface area contributed by atoms with Gasteiger partial charge in [-0.2, -0.15) is 5.10 Å². The van der Waals surface area contributed by atoms with Gasteiger partial charge in [0.05, 0.1) is 0 Å². The predicted octanol–water partition coefficient (Wildman–Crippen LogP) is 0.176. The zero-order chi connectivity index (χ0) is 5.98. The van der Waals surface area contributed by atoms with Crippen LogP contribution >= 0.6 is 0 Å². The number of aromatic amines is 1. The molecule has 3 nitrogen and oxygen atoms in total. The van der Waals surface area contributed by atoms with E-state index in [1.807, 2.05) is 0 Å². The maximum absolute atomic E-state index is 9.88. The minimum Gasteiger partial charge on any atom is -0.285 e. The second-order valence-electron chi connectivity index (χ2n) is 1.52. The summed E-state index contributed by atoms with van der Waals surface area (Å²) < 4.78 is 0. The van der Waals surface area contributed by atoms with Crippen LogP contribution in [0.1, 0.15) is 11.3 Å². The van der Waals surface area contributed by atoms with Crippen molar-refractivity contribution in [1.29, 1.82) is 0 Å². The molecular weight excluding hydrogens is 104 g/mol. The van der Waals surface area contributed by atoms with E-state index in [9.17, 15) is 4.79 Å². The van der Waals surface area contributed by atoms with Crippen LogP contribution in [0.5, 0.6) is 0 Å². The van der Waals surface area contributed by atoms with Gasteiger partial charge in [-0.15, -0.1) is 0 Å². The molecule has 1 aromatic rings. The lowest BCUT2D eigenvalue weighted by Gasteiger charge is -1.74. The first-order valence-electron chi connectivity index (χ1n) is 2.23. The number of hydrogen-bond acceptors (Lipinski definition) is 2. The van der Waals surface area contributed by atoms with E-state index in [0.717, 1.165) is 5.56 Å². The van der Waals surface area contributed by atoms with Gasteiger partial charge in [0.2, 0.25) is 0 Å². The van der Waals surface area contributed by atoms with Crippen molar-refractivity contribution in [3.05, 3.63) is 17.5 Å². The Balaban J connectivity index is 3.09. The summed E-state index contributed by atoms with van der Waals surface area (Å²) in [5.41, 5.74) is 1.20. The predicted molar refractivity (Wildman–Crippen MR) is 28.1 cm³/mol. The monoisotopic (exact) mass is 109 g/mol. The standard InChI is InChI=1S/C5H5N2O/c1-4-2-6-7-5(4)3-8/h2H,1H3,(H,6,7). The fourth-order valence-electron chi connectivity index (χ4n) is 0.454. The summed E-state index contributed by atoms with van der Waals surface area (Å²) in [5, 5.41) is 6.12. The maximum atomic E-state index is 9.88. The number of hydrogen-bond donors (Lipinski definition) is 1. The Bertz CT molecular complexity index is 192. The van der Waals surface area contributed by atoms with E-state index >= 15 is 0 Å². The van der Waals surface area contributed by atoms with E-state index in [1.54, 1.807) is 19.4 Å². The van der Waals surface area contributed by atoms with E-state index in [4.69, 9.17) is 0 Å². The molecule has 0 unspecified atom stereocenters. The Labute approximate surface area is 46.7 Å². The van der Waals surface area contributed by atoms with Gasteiger partial charge in [0.25, 0.3) is 6.29 Å². The van der Waals surface area contributed by atoms with Crippen LogP contribution in [0, 0.1) is 6.92 Å². The summed E-state index contributed by atoms with van der Waals surface area (Å²) in [4.78, 5) is 9.88. The van der Waals surface area contributed by atoms with Crippen LogP contribution in [0.2, 0.25) is 0 Å². The Morgan fingerprint density at radius 2 is 2.62 bits per heavy atom. The number of aromatic nitrogens is 2. The SMILES string of the molecule is Cc1c[nH]nc1[C]=O. The molecular formula is C5H5N2O. The second-order valence-corrected chi connectivity index (χ2v) is 1.52. The molecule has 0 fully saturated rings. The zero-order valence-corrected chi connectivity index (χ0v) is 4.43. The molecule has 1 heterocycles. The van der Waals surface area contributed by atoms with Gasteiger partial charge in [0.1, 0.15) is 5.69 Å². The molecule has 0 aromatic carbocycles. The van der Waals surface area contributed by atoms with E-state index in [1.165, 1.54) is 0 Å². The normalized spacial score (nSPS) is 9.12. The highest BCUT2D eigenvalue weighted by atomic mass is 16.1. The molecule has 0 bridgehead atoms. The molecule has 1 rings (SSSR count). The van der Waals surface area contributed by atoms with Crippen molar-refractivity contribution < 1.29 is 4.79 Å². The van der Waals surface area contributed by atoms with E-state index in [2.05, 4.69) is 10.2 Å². The van der Waals surface area contributed by atoms with Crippen molar-refractivity contribution in [3.63, 3.8) is 0 Å². The molecule has 41 valence electrons. The van der Waals surface area contributed by atoms with Crippen molar-refractivity contribution in [2.24, 2.45) is 0 Å². The van der Waals surface area contributed by atoms with Crippen LogP contribution in [0.15, 0.2) is 6.20 Å². The molecule has 0 aliphatic rings. The Hall–Kier alpha value is -1.12. The smallest absolute Gasteiger partial charge is 0.255 e. The van der Waals surface area contributed by atoms with Crippen LogP contribution in [0.3, 0.4) is 0 Å². The Kier molecular flexibility index (Phi) is 1.12. The minimum absolute atomic E-state index is 0.366. The van der Waals surface area contributed by atoms with E-state index in [0.29, 0.717) is 5.69 Å². The number of aryl methyl sites for hydroxylation is 1. The molecule has 1 radical (unpaired) electrons. The highest BCUT2D eigenvalue weighted by molar-refractivity contribution is 5.74. The van der Waals surface area contributed by atoms with Crippen molar-refractivity contribution in [2.75, 3.05) is 0 Å². The highest BCUT2D eigenvalue weighted by Crippen LogP contribution is 1.95. The lowest BCUT2D eigenvalue weighted by atomic mass is 10.3. The largest absolute Gasteiger partial charge is 0.285 e. The summed E-state index contributed by atoms with van der Waals surface area (Å²) in [7, 11) is 0. The average molecular weight is 109 g/mol. The fraction of sp³-hybridized carbons (Fsp3) is 0.200. The highest BCUT2D eigenvalue weighted by Gasteiger charge is 1.96. The van der Waals surface area contributed by atoms with Gasteiger partial charge in [0.15, 0.2) is 0 Å². The average Bonchev–Trinajstić information content (AvgIpc) is 2.14.